The summed E-state index contributed by atoms with van der Waals surface area (Å²) >= 11 is 7.92. The van der Waals surface area contributed by atoms with Crippen LogP contribution >= 0.6 is 22.9 Å². The number of nitrogens with zero attached hydrogens (tertiary/aromatic N) is 4. The maximum Gasteiger partial charge on any atom is 0.232 e. The molecule has 2 aromatic carbocycles. The van der Waals surface area contributed by atoms with Gasteiger partial charge in [-0.3, -0.25) is 9.89 Å². The van der Waals surface area contributed by atoms with Crippen LogP contribution in [0.1, 0.15) is 6.42 Å². The number of H-pyrrole nitrogens is 1. The lowest BCUT2D eigenvalue weighted by molar-refractivity contribution is -0.117. The molecule has 2 atom stereocenters. The molecule has 2 N–H and O–H groups in total. The number of fused-ring (bicyclic) bond motifs is 2. The molecule has 7 nitrogen and oxygen atoms in total. The molecule has 3 heterocycles. The number of hydrogen-bond donors (Lipinski definition) is 2. The molecule has 2 fully saturated rings. The number of carbonyl (C=O) groups excluding carboxylic acids is 1. The lowest BCUT2D eigenvalue weighted by Gasteiger charge is -2.34. The molecule has 2 aromatic heterocycles. The predicted molar refractivity (Wildman–Crippen MR) is 131 cm³/mol. The fourth-order valence-electron chi connectivity index (χ4n) is 4.47. The van der Waals surface area contributed by atoms with Gasteiger partial charge in [-0.25, -0.2) is 13.8 Å². The number of thiazole rings is 1. The Bertz CT molecular complexity index is 1430. The lowest BCUT2D eigenvalue weighted by Crippen LogP contribution is -2.45. The molecule has 1 aliphatic carbocycles. The number of nitrogens with one attached hydrogen (secondary N) is 2. The van der Waals surface area contributed by atoms with Crippen LogP contribution in [0.15, 0.2) is 24.4 Å². The molecule has 4 aromatic rings. The van der Waals surface area contributed by atoms with E-state index in [9.17, 15) is 9.18 Å². The van der Waals surface area contributed by atoms with Gasteiger partial charge in [-0.05, 0) is 31.2 Å². The van der Waals surface area contributed by atoms with Gasteiger partial charge in [-0.2, -0.15) is 5.10 Å². The largest absolute Gasteiger partial charge is 0.365 e. The van der Waals surface area contributed by atoms with Gasteiger partial charge in [0.25, 0.3) is 0 Å². The number of anilines is 2. The Balaban J connectivity index is 1.39. The molecule has 11 heteroatoms. The minimum absolute atomic E-state index is 0.0444. The number of aromatic amines is 1. The van der Waals surface area contributed by atoms with E-state index in [1.54, 1.807) is 12.3 Å². The molecule has 0 unspecified atom stereocenters. The van der Waals surface area contributed by atoms with Crippen molar-refractivity contribution in [3.8, 4) is 11.1 Å². The van der Waals surface area contributed by atoms with Gasteiger partial charge in [-0.15, -0.1) is 0 Å². The summed E-state index contributed by atoms with van der Waals surface area (Å²) in [5.74, 6) is -1.41. The Labute approximate surface area is 202 Å². The summed E-state index contributed by atoms with van der Waals surface area (Å²) in [6.07, 6.45) is 0.862. The molecule has 0 spiro atoms. The third kappa shape index (κ3) is 3.60. The summed E-state index contributed by atoms with van der Waals surface area (Å²) in [5, 5.41) is 11.0. The van der Waals surface area contributed by atoms with Gasteiger partial charge < -0.3 is 15.1 Å². The Hall–Kier alpha value is -2.82. The summed E-state index contributed by atoms with van der Waals surface area (Å²) in [7, 11) is 2.05. The number of carbonyl (C=O) groups is 1. The second-order valence-electron chi connectivity index (χ2n) is 8.85. The Morgan fingerprint density at radius 1 is 1.29 bits per heavy atom. The van der Waals surface area contributed by atoms with Crippen LogP contribution in [-0.2, 0) is 4.79 Å². The third-order valence-electron chi connectivity index (χ3n) is 6.54. The quantitative estimate of drug-likeness (QED) is 0.424. The first-order chi connectivity index (χ1) is 16.4. The van der Waals surface area contributed by atoms with Crippen LogP contribution in [0.25, 0.3) is 32.2 Å². The molecule has 6 rings (SSSR count). The molecule has 1 amide bonds. The molecular weight excluding hydrogens is 482 g/mol. The van der Waals surface area contributed by atoms with Crippen molar-refractivity contribution >= 4 is 60.8 Å². The van der Waals surface area contributed by atoms with Gasteiger partial charge >= 0.3 is 0 Å². The average Bonchev–Trinajstić information content (AvgIpc) is 3.18. The molecule has 176 valence electrons. The first kappa shape index (κ1) is 21.7. The van der Waals surface area contributed by atoms with Crippen LogP contribution in [0, 0.1) is 11.7 Å². The summed E-state index contributed by atoms with van der Waals surface area (Å²) < 4.78 is 29.7. The van der Waals surface area contributed by atoms with Gasteiger partial charge in [0.1, 0.15) is 11.9 Å². The first-order valence-corrected chi connectivity index (χ1v) is 12.2. The fourth-order valence-corrected chi connectivity index (χ4v) is 5.68. The maximum absolute atomic E-state index is 15.7. The van der Waals surface area contributed by atoms with Crippen molar-refractivity contribution in [3.05, 3.63) is 35.2 Å². The van der Waals surface area contributed by atoms with Gasteiger partial charge in [0, 0.05) is 37.1 Å². The van der Waals surface area contributed by atoms with E-state index in [-0.39, 0.29) is 17.4 Å². The number of halogens is 3. The predicted octanol–water partition coefficient (Wildman–Crippen LogP) is 4.68. The molecule has 2 aliphatic rings. The van der Waals surface area contributed by atoms with Crippen LogP contribution in [0.5, 0.6) is 0 Å². The highest BCUT2D eigenvalue weighted by molar-refractivity contribution is 7.22. The second-order valence-corrected chi connectivity index (χ2v) is 10.3. The number of likely N-dealkylation sites (N-methyl/N-ethyl adjacent to an activating group) is 1. The Kier molecular flexibility index (Phi) is 5.20. The molecule has 34 heavy (non-hydrogen) atoms. The zero-order valence-electron chi connectivity index (χ0n) is 18.2. The van der Waals surface area contributed by atoms with Crippen LogP contribution in [0.2, 0.25) is 5.02 Å². The van der Waals surface area contributed by atoms with Gasteiger partial charge in [-0.1, -0.05) is 29.0 Å². The van der Waals surface area contributed by atoms with E-state index in [2.05, 4.69) is 25.4 Å². The summed E-state index contributed by atoms with van der Waals surface area (Å²) in [6.45, 7) is 3.06. The number of benzene rings is 2. The summed E-state index contributed by atoms with van der Waals surface area (Å²) in [6, 6.07) is 5.51. The molecule has 1 saturated carbocycles. The van der Waals surface area contributed by atoms with Crippen LogP contribution in [0.4, 0.5) is 19.6 Å². The van der Waals surface area contributed by atoms with Gasteiger partial charge in [0.15, 0.2) is 10.9 Å². The monoisotopic (exact) mass is 502 g/mol. The second kappa shape index (κ2) is 8.14. The SMILES string of the molecule is CN1CCN(c2c(F)c(Cl)c(-c3ccc4nc(NC(=O)[C@@H]5C[C@@H]5F)sc4c3)c3cn[nH]c23)CC1. The highest BCUT2D eigenvalue weighted by atomic mass is 35.5. The molecule has 0 bridgehead atoms. The van der Waals surface area contributed by atoms with Crippen LogP contribution < -0.4 is 10.2 Å². The van der Waals surface area contributed by atoms with E-state index in [4.69, 9.17) is 11.6 Å². The van der Waals surface area contributed by atoms with E-state index < -0.39 is 17.9 Å². The first-order valence-electron chi connectivity index (χ1n) is 11.0. The number of aromatic nitrogens is 3. The van der Waals surface area contributed by atoms with Crippen LogP contribution in [-0.4, -0.2) is 65.4 Å². The zero-order valence-corrected chi connectivity index (χ0v) is 19.8. The Morgan fingerprint density at radius 3 is 2.79 bits per heavy atom. The van der Waals surface area contributed by atoms with Crippen molar-refractivity contribution in [1.29, 1.82) is 0 Å². The fraction of sp³-hybridized carbons (Fsp3) is 0.348. The number of alkyl halides is 1. The number of hydrogen-bond acceptors (Lipinski definition) is 6. The molecular formula is C23H21ClF2N6OS. The van der Waals surface area contributed by atoms with E-state index in [1.165, 1.54) is 11.3 Å². The number of rotatable bonds is 4. The standard InChI is InChI=1S/C23H21ClF2N6OS/c1-31-4-6-32(7-5-31)21-19(26)18(24)17(13-10-27-30-20(13)21)11-2-3-15-16(8-11)34-23(28-15)29-22(33)12-9-14(12)25/h2-3,8,10,12,14H,4-7,9H2,1H3,(H,27,30)(H,28,29,33)/t12-,14+/m1/s1. The van der Waals surface area contributed by atoms with E-state index in [0.29, 0.717) is 40.5 Å². The zero-order chi connectivity index (χ0) is 23.6. The van der Waals surface area contributed by atoms with Crippen molar-refractivity contribution in [2.24, 2.45) is 5.92 Å². The lowest BCUT2D eigenvalue weighted by atomic mass is 9.99. The van der Waals surface area contributed by atoms with Gasteiger partial charge in [0.2, 0.25) is 5.91 Å². The van der Waals surface area contributed by atoms with Crippen molar-refractivity contribution in [2.45, 2.75) is 12.6 Å². The Morgan fingerprint density at radius 2 is 2.06 bits per heavy atom. The topological polar surface area (TPSA) is 77.2 Å². The highest BCUT2D eigenvalue weighted by Crippen LogP contribution is 2.44. The van der Waals surface area contributed by atoms with Crippen molar-refractivity contribution in [1.82, 2.24) is 20.1 Å². The number of amides is 1. The van der Waals surface area contributed by atoms with E-state index >= 15 is 4.39 Å². The van der Waals surface area contributed by atoms with Gasteiger partial charge in [0.05, 0.1) is 32.9 Å². The number of piperazine rings is 1. The normalized spacial score (nSPS) is 20.9. The smallest absolute Gasteiger partial charge is 0.232 e. The van der Waals surface area contributed by atoms with Crippen molar-refractivity contribution in [2.75, 3.05) is 43.4 Å². The summed E-state index contributed by atoms with van der Waals surface area (Å²) in [4.78, 5) is 20.7. The minimum Gasteiger partial charge on any atom is -0.365 e. The molecule has 0 radical (unpaired) electrons. The van der Waals surface area contributed by atoms with Crippen molar-refractivity contribution < 1.29 is 13.6 Å². The molecule has 1 aliphatic heterocycles. The average molecular weight is 503 g/mol. The van der Waals surface area contributed by atoms with Crippen LogP contribution in [0.3, 0.4) is 0 Å². The highest BCUT2D eigenvalue weighted by Gasteiger charge is 2.43. The minimum atomic E-state index is -1.07. The van der Waals surface area contributed by atoms with E-state index in [1.807, 2.05) is 24.1 Å². The third-order valence-corrected chi connectivity index (χ3v) is 7.83. The summed E-state index contributed by atoms with van der Waals surface area (Å²) in [5.41, 5.74) is 3.03. The maximum atomic E-state index is 15.7. The van der Waals surface area contributed by atoms with E-state index in [0.717, 1.165) is 28.7 Å². The molecule has 1 saturated heterocycles. The van der Waals surface area contributed by atoms with Crippen molar-refractivity contribution in [3.63, 3.8) is 0 Å².